The fourth-order valence-corrected chi connectivity index (χ4v) is 1.20. The molecular formula is C10H16N4O. The normalized spacial score (nSPS) is 10.1. The van der Waals surface area contributed by atoms with Crippen molar-refractivity contribution >= 4 is 5.91 Å². The number of nitrogens with one attached hydrogen (secondary N) is 1. The number of aryl methyl sites for hydroxylation is 1. The number of hydrogen-bond acceptors (Lipinski definition) is 3. The van der Waals surface area contributed by atoms with Crippen molar-refractivity contribution in [3.8, 4) is 0 Å². The molecule has 0 fully saturated rings. The van der Waals surface area contributed by atoms with Gasteiger partial charge in [-0.1, -0.05) is 19.1 Å². The fraction of sp³-hybridized carbons (Fsp3) is 0.500. The van der Waals surface area contributed by atoms with Crippen LogP contribution >= 0.6 is 0 Å². The molecule has 0 atom stereocenters. The molecule has 0 bridgehead atoms. The Morgan fingerprint density at radius 1 is 1.60 bits per heavy atom. The third-order valence-electron chi connectivity index (χ3n) is 1.91. The summed E-state index contributed by atoms with van der Waals surface area (Å²) in [7, 11) is 1.71. The molecule has 0 unspecified atom stereocenters. The Bertz CT molecular complexity index is 369. The number of carbonyl (C=O) groups is 1. The van der Waals surface area contributed by atoms with Gasteiger partial charge in [-0.3, -0.25) is 9.89 Å². The molecule has 0 radical (unpaired) electrons. The zero-order valence-corrected chi connectivity index (χ0v) is 9.37. The van der Waals surface area contributed by atoms with Gasteiger partial charge in [0.2, 0.25) is 5.82 Å². The van der Waals surface area contributed by atoms with Crippen molar-refractivity contribution in [2.24, 2.45) is 0 Å². The molecule has 1 aromatic rings. The van der Waals surface area contributed by atoms with E-state index in [2.05, 4.69) is 21.8 Å². The summed E-state index contributed by atoms with van der Waals surface area (Å²) in [6.45, 7) is 8.10. The zero-order chi connectivity index (χ0) is 11.4. The van der Waals surface area contributed by atoms with Gasteiger partial charge in [0.05, 0.1) is 0 Å². The molecule has 0 saturated heterocycles. The molecule has 0 spiro atoms. The highest BCUT2D eigenvalue weighted by molar-refractivity contribution is 5.90. The van der Waals surface area contributed by atoms with Gasteiger partial charge in [-0.2, -0.15) is 0 Å². The van der Waals surface area contributed by atoms with Crippen LogP contribution in [-0.2, 0) is 6.42 Å². The Hall–Kier alpha value is -1.65. The smallest absolute Gasteiger partial charge is 0.293 e. The molecule has 0 aliphatic rings. The van der Waals surface area contributed by atoms with Gasteiger partial charge in [0, 0.05) is 20.0 Å². The minimum absolute atomic E-state index is 0.186. The number of rotatable bonds is 4. The standard InChI is InChI=1S/C10H16N4O/c1-5-8-11-9(13-12-8)10(15)14(4)6-7(2)3/h2,5-6H2,1,3-4H3,(H,11,12,13). The molecule has 1 amide bonds. The second-order valence-corrected chi connectivity index (χ2v) is 3.58. The van der Waals surface area contributed by atoms with Crippen LogP contribution in [0.5, 0.6) is 0 Å². The maximum Gasteiger partial charge on any atom is 0.293 e. The van der Waals surface area contributed by atoms with E-state index in [0.29, 0.717) is 6.54 Å². The summed E-state index contributed by atoms with van der Waals surface area (Å²) < 4.78 is 0. The van der Waals surface area contributed by atoms with Crippen LogP contribution in [-0.4, -0.2) is 39.6 Å². The van der Waals surface area contributed by atoms with Gasteiger partial charge < -0.3 is 4.90 Å². The first-order chi connectivity index (χ1) is 7.04. The second kappa shape index (κ2) is 4.72. The minimum atomic E-state index is -0.186. The predicted octanol–water partition coefficient (Wildman–Crippen LogP) is 1.02. The van der Waals surface area contributed by atoms with Crippen LogP contribution in [0.15, 0.2) is 12.2 Å². The molecule has 1 N–H and O–H groups in total. The number of aromatic nitrogens is 3. The highest BCUT2D eigenvalue weighted by atomic mass is 16.2. The molecule has 1 aromatic heterocycles. The topological polar surface area (TPSA) is 61.9 Å². The van der Waals surface area contributed by atoms with Gasteiger partial charge in [-0.15, -0.1) is 5.10 Å². The molecule has 5 heteroatoms. The number of likely N-dealkylation sites (N-methyl/N-ethyl adjacent to an activating group) is 1. The van der Waals surface area contributed by atoms with Crippen LogP contribution in [0.2, 0.25) is 0 Å². The van der Waals surface area contributed by atoms with Crippen molar-refractivity contribution in [2.75, 3.05) is 13.6 Å². The largest absolute Gasteiger partial charge is 0.335 e. The molecule has 5 nitrogen and oxygen atoms in total. The summed E-state index contributed by atoms with van der Waals surface area (Å²) in [6.07, 6.45) is 0.741. The molecule has 1 heterocycles. The maximum absolute atomic E-state index is 11.7. The summed E-state index contributed by atoms with van der Waals surface area (Å²) >= 11 is 0. The Kier molecular flexibility index (Phi) is 3.60. The van der Waals surface area contributed by atoms with Gasteiger partial charge in [0.15, 0.2) is 0 Å². The summed E-state index contributed by atoms with van der Waals surface area (Å²) in [5.74, 6) is 0.756. The van der Waals surface area contributed by atoms with Crippen molar-refractivity contribution in [3.63, 3.8) is 0 Å². The zero-order valence-electron chi connectivity index (χ0n) is 9.37. The van der Waals surface area contributed by atoms with E-state index in [0.717, 1.165) is 17.8 Å². The third-order valence-corrected chi connectivity index (χ3v) is 1.91. The van der Waals surface area contributed by atoms with Crippen molar-refractivity contribution in [3.05, 3.63) is 23.8 Å². The first kappa shape index (κ1) is 11.4. The van der Waals surface area contributed by atoms with Crippen molar-refractivity contribution in [2.45, 2.75) is 20.3 Å². The number of nitrogens with zero attached hydrogens (tertiary/aromatic N) is 3. The highest BCUT2D eigenvalue weighted by Crippen LogP contribution is 2.00. The summed E-state index contributed by atoms with van der Waals surface area (Å²) in [4.78, 5) is 17.4. The van der Waals surface area contributed by atoms with Crippen molar-refractivity contribution < 1.29 is 4.79 Å². The van der Waals surface area contributed by atoms with E-state index >= 15 is 0 Å². The Morgan fingerprint density at radius 2 is 2.27 bits per heavy atom. The van der Waals surface area contributed by atoms with Gasteiger partial charge in [-0.25, -0.2) is 4.98 Å². The molecule has 0 aromatic carbocycles. The fourth-order valence-electron chi connectivity index (χ4n) is 1.20. The lowest BCUT2D eigenvalue weighted by molar-refractivity contribution is 0.0795. The van der Waals surface area contributed by atoms with E-state index in [1.807, 2.05) is 13.8 Å². The molecule has 0 saturated carbocycles. The number of H-pyrrole nitrogens is 1. The molecular weight excluding hydrogens is 192 g/mol. The van der Waals surface area contributed by atoms with E-state index in [9.17, 15) is 4.79 Å². The monoisotopic (exact) mass is 208 g/mol. The first-order valence-electron chi connectivity index (χ1n) is 4.85. The Morgan fingerprint density at radius 3 is 2.73 bits per heavy atom. The van der Waals surface area contributed by atoms with Crippen LogP contribution in [0.25, 0.3) is 0 Å². The van der Waals surface area contributed by atoms with Gasteiger partial charge in [-0.05, 0) is 6.92 Å². The van der Waals surface area contributed by atoms with E-state index in [1.165, 1.54) is 0 Å². The maximum atomic E-state index is 11.7. The molecule has 15 heavy (non-hydrogen) atoms. The minimum Gasteiger partial charge on any atom is -0.335 e. The van der Waals surface area contributed by atoms with E-state index in [-0.39, 0.29) is 11.7 Å². The lowest BCUT2D eigenvalue weighted by Gasteiger charge is -2.14. The quantitative estimate of drug-likeness (QED) is 0.751. The summed E-state index contributed by atoms with van der Waals surface area (Å²) in [6, 6.07) is 0. The van der Waals surface area contributed by atoms with Gasteiger partial charge in [0.1, 0.15) is 5.82 Å². The van der Waals surface area contributed by atoms with Gasteiger partial charge in [0.25, 0.3) is 5.91 Å². The number of aromatic amines is 1. The summed E-state index contributed by atoms with van der Waals surface area (Å²) in [5.41, 5.74) is 0.928. The Balaban J connectivity index is 2.71. The van der Waals surface area contributed by atoms with E-state index < -0.39 is 0 Å². The SMILES string of the molecule is C=C(C)CN(C)C(=O)c1n[nH]c(CC)n1. The molecule has 0 aliphatic heterocycles. The third kappa shape index (κ3) is 2.90. The first-order valence-corrected chi connectivity index (χ1v) is 4.85. The molecule has 0 aliphatic carbocycles. The molecule has 1 rings (SSSR count). The van der Waals surface area contributed by atoms with Crippen LogP contribution in [0.3, 0.4) is 0 Å². The van der Waals surface area contributed by atoms with Crippen LogP contribution in [0.4, 0.5) is 0 Å². The lowest BCUT2D eigenvalue weighted by Crippen LogP contribution is -2.29. The number of amides is 1. The van der Waals surface area contributed by atoms with E-state index in [1.54, 1.807) is 11.9 Å². The summed E-state index contributed by atoms with van der Waals surface area (Å²) in [5, 5.41) is 6.57. The lowest BCUT2D eigenvalue weighted by atomic mass is 10.3. The Labute approximate surface area is 89.2 Å². The van der Waals surface area contributed by atoms with Crippen molar-refractivity contribution in [1.29, 1.82) is 0 Å². The van der Waals surface area contributed by atoms with Crippen molar-refractivity contribution in [1.82, 2.24) is 20.1 Å². The average Bonchev–Trinajstić information content (AvgIpc) is 2.63. The van der Waals surface area contributed by atoms with Crippen LogP contribution in [0, 0.1) is 0 Å². The van der Waals surface area contributed by atoms with Crippen LogP contribution < -0.4 is 0 Å². The number of carbonyl (C=O) groups excluding carboxylic acids is 1. The predicted molar refractivity (Wildman–Crippen MR) is 57.5 cm³/mol. The van der Waals surface area contributed by atoms with E-state index in [4.69, 9.17) is 0 Å². The number of hydrogen-bond donors (Lipinski definition) is 1. The molecule has 82 valence electrons. The van der Waals surface area contributed by atoms with Gasteiger partial charge >= 0.3 is 0 Å². The average molecular weight is 208 g/mol. The highest BCUT2D eigenvalue weighted by Gasteiger charge is 2.16. The van der Waals surface area contributed by atoms with Crippen LogP contribution in [0.1, 0.15) is 30.3 Å². The second-order valence-electron chi connectivity index (χ2n) is 3.58.